The van der Waals surface area contributed by atoms with Gasteiger partial charge in [-0.05, 0) is 36.4 Å². The summed E-state index contributed by atoms with van der Waals surface area (Å²) in [5.74, 6) is 1.82. The van der Waals surface area contributed by atoms with Crippen LogP contribution in [-0.4, -0.2) is 15.1 Å². The van der Waals surface area contributed by atoms with Crippen molar-refractivity contribution in [2.45, 2.75) is 0 Å². The van der Waals surface area contributed by atoms with E-state index in [-0.39, 0.29) is 0 Å². The highest BCUT2D eigenvalue weighted by Crippen LogP contribution is 2.27. The van der Waals surface area contributed by atoms with Gasteiger partial charge in [0.05, 0.1) is 6.26 Å². The second-order valence-electron chi connectivity index (χ2n) is 4.72. The van der Waals surface area contributed by atoms with Crippen LogP contribution in [0.4, 0.5) is 0 Å². The molecule has 1 aromatic carbocycles. The second-order valence-corrected chi connectivity index (χ2v) is 4.72. The highest BCUT2D eigenvalue weighted by atomic mass is 16.5. The Hall–Kier alpha value is -3.21. The molecule has 0 bridgehead atoms. The Morgan fingerprint density at radius 3 is 2.50 bits per heavy atom. The largest absolute Gasteiger partial charge is 0.464 e. The van der Waals surface area contributed by atoms with Gasteiger partial charge in [-0.15, -0.1) is 0 Å². The third-order valence-corrected chi connectivity index (χ3v) is 3.28. The van der Waals surface area contributed by atoms with E-state index in [9.17, 15) is 0 Å². The van der Waals surface area contributed by atoms with Crippen LogP contribution in [0, 0.1) is 0 Å². The molecule has 0 N–H and O–H groups in total. The van der Waals surface area contributed by atoms with Crippen LogP contribution < -0.4 is 0 Å². The van der Waals surface area contributed by atoms with Crippen molar-refractivity contribution in [2.24, 2.45) is 0 Å². The van der Waals surface area contributed by atoms with Crippen molar-refractivity contribution in [3.8, 4) is 34.2 Å². The van der Waals surface area contributed by atoms with Gasteiger partial charge in [-0.1, -0.05) is 17.3 Å². The van der Waals surface area contributed by atoms with E-state index in [1.165, 1.54) is 0 Å². The first kappa shape index (κ1) is 12.5. The molecule has 5 heteroatoms. The van der Waals surface area contributed by atoms with E-state index in [0.717, 1.165) is 22.5 Å². The van der Waals surface area contributed by atoms with Crippen molar-refractivity contribution in [2.75, 3.05) is 0 Å². The SMILES string of the molecule is c1cc(-c2ccco2)cc(-c2nc(-c3ccncc3)no2)c1. The van der Waals surface area contributed by atoms with E-state index >= 15 is 0 Å². The van der Waals surface area contributed by atoms with Gasteiger partial charge in [0.1, 0.15) is 5.76 Å². The number of aromatic nitrogens is 3. The molecule has 0 aliphatic carbocycles. The predicted molar refractivity (Wildman–Crippen MR) is 80.7 cm³/mol. The van der Waals surface area contributed by atoms with E-state index in [2.05, 4.69) is 15.1 Å². The third-order valence-electron chi connectivity index (χ3n) is 3.28. The smallest absolute Gasteiger partial charge is 0.258 e. The lowest BCUT2D eigenvalue weighted by Gasteiger charge is -1.99. The number of furan rings is 1. The fourth-order valence-electron chi connectivity index (χ4n) is 2.21. The lowest BCUT2D eigenvalue weighted by Crippen LogP contribution is -1.82. The van der Waals surface area contributed by atoms with Gasteiger partial charge in [-0.3, -0.25) is 4.98 Å². The molecule has 106 valence electrons. The van der Waals surface area contributed by atoms with Crippen LogP contribution in [0.2, 0.25) is 0 Å². The molecule has 22 heavy (non-hydrogen) atoms. The molecule has 0 unspecified atom stereocenters. The molecule has 4 rings (SSSR count). The average molecular weight is 289 g/mol. The number of pyridine rings is 1. The van der Waals surface area contributed by atoms with Gasteiger partial charge in [0, 0.05) is 29.1 Å². The van der Waals surface area contributed by atoms with Crippen LogP contribution in [0.15, 0.2) is 76.1 Å². The summed E-state index contributed by atoms with van der Waals surface area (Å²) in [5.41, 5.74) is 2.68. The van der Waals surface area contributed by atoms with Crippen LogP contribution in [0.25, 0.3) is 34.2 Å². The maximum Gasteiger partial charge on any atom is 0.258 e. The van der Waals surface area contributed by atoms with E-state index in [1.807, 2.05) is 48.5 Å². The summed E-state index contributed by atoms with van der Waals surface area (Å²) in [6.45, 7) is 0. The van der Waals surface area contributed by atoms with E-state index < -0.39 is 0 Å². The minimum Gasteiger partial charge on any atom is -0.464 e. The molecule has 3 aromatic heterocycles. The minimum atomic E-state index is 0.472. The Morgan fingerprint density at radius 1 is 0.818 bits per heavy atom. The number of benzene rings is 1. The summed E-state index contributed by atoms with van der Waals surface area (Å²) in [7, 11) is 0. The topological polar surface area (TPSA) is 65.0 Å². The molecule has 0 amide bonds. The van der Waals surface area contributed by atoms with Gasteiger partial charge in [0.25, 0.3) is 5.89 Å². The Kier molecular flexibility index (Phi) is 3.01. The highest BCUT2D eigenvalue weighted by Gasteiger charge is 2.11. The van der Waals surface area contributed by atoms with Gasteiger partial charge in [0.15, 0.2) is 0 Å². The lowest BCUT2D eigenvalue weighted by molar-refractivity contribution is 0.432. The van der Waals surface area contributed by atoms with Gasteiger partial charge in [0.2, 0.25) is 5.82 Å². The highest BCUT2D eigenvalue weighted by molar-refractivity contribution is 5.67. The van der Waals surface area contributed by atoms with E-state index in [0.29, 0.717) is 11.7 Å². The number of hydrogen-bond donors (Lipinski definition) is 0. The Labute approximate surface area is 126 Å². The fraction of sp³-hybridized carbons (Fsp3) is 0. The van der Waals surface area contributed by atoms with Crippen LogP contribution in [-0.2, 0) is 0 Å². The molecule has 0 aliphatic heterocycles. The summed E-state index contributed by atoms with van der Waals surface area (Å²) >= 11 is 0. The molecule has 0 fully saturated rings. The van der Waals surface area contributed by atoms with Crippen molar-refractivity contribution >= 4 is 0 Å². The van der Waals surface area contributed by atoms with Crippen LogP contribution in [0.3, 0.4) is 0 Å². The van der Waals surface area contributed by atoms with Crippen molar-refractivity contribution in [1.82, 2.24) is 15.1 Å². The first-order valence-corrected chi connectivity index (χ1v) is 6.78. The van der Waals surface area contributed by atoms with Crippen LogP contribution in [0.1, 0.15) is 0 Å². The van der Waals surface area contributed by atoms with Crippen molar-refractivity contribution in [1.29, 1.82) is 0 Å². The molecule has 0 saturated heterocycles. The molecule has 0 atom stereocenters. The predicted octanol–water partition coefficient (Wildman–Crippen LogP) is 4.06. The quantitative estimate of drug-likeness (QED) is 0.569. The van der Waals surface area contributed by atoms with Gasteiger partial charge < -0.3 is 8.94 Å². The Bertz CT molecular complexity index is 883. The van der Waals surface area contributed by atoms with Gasteiger partial charge in [-0.25, -0.2) is 0 Å². The monoisotopic (exact) mass is 289 g/mol. The maximum absolute atomic E-state index is 5.41. The summed E-state index contributed by atoms with van der Waals surface area (Å²) < 4.78 is 10.8. The average Bonchev–Trinajstić information content (AvgIpc) is 3.28. The van der Waals surface area contributed by atoms with Crippen LogP contribution >= 0.6 is 0 Å². The second kappa shape index (κ2) is 5.29. The molecule has 4 aromatic rings. The molecule has 0 spiro atoms. The van der Waals surface area contributed by atoms with E-state index in [1.54, 1.807) is 18.7 Å². The summed E-state index contributed by atoms with van der Waals surface area (Å²) in [6.07, 6.45) is 5.04. The Balaban J connectivity index is 1.71. The minimum absolute atomic E-state index is 0.472. The molecular weight excluding hydrogens is 278 g/mol. The number of rotatable bonds is 3. The molecule has 5 nitrogen and oxygen atoms in total. The lowest BCUT2D eigenvalue weighted by atomic mass is 10.1. The molecule has 0 aliphatic rings. The molecular formula is C17H11N3O2. The first-order valence-electron chi connectivity index (χ1n) is 6.78. The van der Waals surface area contributed by atoms with E-state index in [4.69, 9.17) is 8.94 Å². The molecule has 0 saturated carbocycles. The number of hydrogen-bond acceptors (Lipinski definition) is 5. The molecule has 3 heterocycles. The molecule has 0 radical (unpaired) electrons. The van der Waals surface area contributed by atoms with Crippen molar-refractivity contribution in [3.63, 3.8) is 0 Å². The summed E-state index contributed by atoms with van der Waals surface area (Å²) in [6, 6.07) is 15.2. The summed E-state index contributed by atoms with van der Waals surface area (Å²) in [4.78, 5) is 8.42. The van der Waals surface area contributed by atoms with Crippen molar-refractivity contribution in [3.05, 3.63) is 67.2 Å². The standard InChI is InChI=1S/C17H11N3O2/c1-3-13(15-5-2-10-21-15)11-14(4-1)17-19-16(20-22-17)12-6-8-18-9-7-12/h1-11H. The first-order chi connectivity index (χ1) is 10.9. The van der Waals surface area contributed by atoms with Crippen LogP contribution in [0.5, 0.6) is 0 Å². The normalized spacial score (nSPS) is 10.7. The van der Waals surface area contributed by atoms with Gasteiger partial charge in [-0.2, -0.15) is 4.98 Å². The fourth-order valence-corrected chi connectivity index (χ4v) is 2.21. The maximum atomic E-state index is 5.41. The zero-order chi connectivity index (χ0) is 14.8. The zero-order valence-corrected chi connectivity index (χ0v) is 11.5. The Morgan fingerprint density at radius 2 is 1.68 bits per heavy atom. The van der Waals surface area contributed by atoms with Gasteiger partial charge >= 0.3 is 0 Å². The summed E-state index contributed by atoms with van der Waals surface area (Å²) in [5, 5.41) is 4.02. The van der Waals surface area contributed by atoms with Crippen molar-refractivity contribution < 1.29 is 8.94 Å². The third kappa shape index (κ3) is 2.29. The number of nitrogens with zero attached hydrogens (tertiary/aromatic N) is 3. The zero-order valence-electron chi connectivity index (χ0n) is 11.5.